The van der Waals surface area contributed by atoms with Gasteiger partial charge in [-0.15, -0.1) is 0 Å². The van der Waals surface area contributed by atoms with Gasteiger partial charge in [0.25, 0.3) is 0 Å². The molecule has 0 saturated heterocycles. The van der Waals surface area contributed by atoms with Crippen LogP contribution in [0.1, 0.15) is 13.3 Å². The van der Waals surface area contributed by atoms with Crippen LogP contribution in [0.2, 0.25) is 0 Å². The molecule has 0 radical (unpaired) electrons. The molecule has 0 rings (SSSR count). The highest BCUT2D eigenvalue weighted by Gasteiger charge is 2.30. The van der Waals surface area contributed by atoms with Crippen molar-refractivity contribution in [1.29, 1.82) is 0 Å². The fourth-order valence-corrected chi connectivity index (χ4v) is 1.24. The molecule has 0 aromatic heterocycles. The molecule has 5 heteroatoms. The van der Waals surface area contributed by atoms with Gasteiger partial charge >= 0.3 is 0 Å². The van der Waals surface area contributed by atoms with Crippen LogP contribution in [-0.2, 0) is 9.59 Å². The van der Waals surface area contributed by atoms with Crippen LogP contribution in [0.4, 0.5) is 0 Å². The number of ketones is 2. The topological polar surface area (TPSA) is 34.1 Å². The number of carbonyl (C=O) groups is 2. The van der Waals surface area contributed by atoms with Gasteiger partial charge in [0.2, 0.25) is 0 Å². The zero-order chi connectivity index (χ0) is 9.07. The minimum atomic E-state index is -0.870. The molecule has 11 heavy (non-hydrogen) atoms. The van der Waals surface area contributed by atoms with Gasteiger partial charge in [0.1, 0.15) is 9.02 Å². The molecule has 0 aliphatic rings. The van der Waals surface area contributed by atoms with Crippen molar-refractivity contribution in [3.8, 4) is 0 Å². The van der Waals surface area contributed by atoms with Crippen molar-refractivity contribution in [2.24, 2.45) is 0 Å². The Morgan fingerprint density at radius 3 is 2.09 bits per heavy atom. The summed E-state index contributed by atoms with van der Waals surface area (Å²) >= 11 is 9.24. The highest BCUT2D eigenvalue weighted by atomic mass is 79.9. The number of alkyl halides is 3. The molecule has 0 fully saturated rings. The molecule has 2 nitrogen and oxygen atoms in total. The number of halogens is 3. The Morgan fingerprint density at radius 2 is 1.82 bits per heavy atom. The van der Waals surface area contributed by atoms with Gasteiger partial charge < -0.3 is 0 Å². The molecule has 0 amide bonds. The lowest BCUT2D eigenvalue weighted by atomic mass is 10.2. The third kappa shape index (κ3) is 4.38. The molecule has 0 aliphatic heterocycles. The minimum Gasteiger partial charge on any atom is -0.299 e. The second kappa shape index (κ2) is 4.72. The normalized spacial score (nSPS) is 11.3. The smallest absolute Gasteiger partial charge is 0.157 e. The molecular formula is C6H7Br3O2. The first-order valence-electron chi connectivity index (χ1n) is 2.86. The van der Waals surface area contributed by atoms with E-state index in [4.69, 9.17) is 0 Å². The van der Waals surface area contributed by atoms with E-state index < -0.39 is 3.23 Å². The largest absolute Gasteiger partial charge is 0.299 e. The van der Waals surface area contributed by atoms with Crippen LogP contribution in [0.25, 0.3) is 0 Å². The Balaban J connectivity index is 4.12. The van der Waals surface area contributed by atoms with Gasteiger partial charge in [-0.25, -0.2) is 0 Å². The summed E-state index contributed by atoms with van der Waals surface area (Å²) in [5.74, 6) is -0.124. The Morgan fingerprint density at radius 1 is 1.36 bits per heavy atom. The second-order valence-electron chi connectivity index (χ2n) is 2.11. The molecule has 0 heterocycles. The van der Waals surface area contributed by atoms with Crippen molar-refractivity contribution in [3.05, 3.63) is 0 Å². The third-order valence-electron chi connectivity index (χ3n) is 1.08. The molecule has 0 spiro atoms. The number of Topliss-reactive ketones (excluding diaryl/α,β-unsaturated/α-hetero) is 2. The Hall–Kier alpha value is 0.780. The van der Waals surface area contributed by atoms with Crippen molar-refractivity contribution in [2.75, 3.05) is 5.33 Å². The predicted octanol–water partition coefficient (Wildman–Crippen LogP) is 2.42. The minimum absolute atomic E-state index is 0.0195. The number of rotatable bonds is 4. The fourth-order valence-electron chi connectivity index (χ4n) is 0.419. The van der Waals surface area contributed by atoms with Gasteiger partial charge in [-0.05, 0) is 6.92 Å². The summed E-state index contributed by atoms with van der Waals surface area (Å²) in [4.78, 5) is 21.7. The van der Waals surface area contributed by atoms with E-state index in [1.54, 1.807) is 0 Å². The van der Waals surface area contributed by atoms with E-state index >= 15 is 0 Å². The van der Waals surface area contributed by atoms with Gasteiger partial charge in [-0.3, -0.25) is 9.59 Å². The Labute approximate surface area is 90.5 Å². The van der Waals surface area contributed by atoms with E-state index in [1.165, 1.54) is 6.92 Å². The number of carbonyl (C=O) groups excluding carboxylic acids is 2. The van der Waals surface area contributed by atoms with Crippen molar-refractivity contribution >= 4 is 59.4 Å². The summed E-state index contributed by atoms with van der Waals surface area (Å²) in [7, 11) is 0. The molecule has 64 valence electrons. The summed E-state index contributed by atoms with van der Waals surface area (Å²) in [5, 5.41) is 0.277. The zero-order valence-electron chi connectivity index (χ0n) is 5.86. The standard InChI is InChI=1S/C6H7Br3O2/c1-4(10)6(8,9)2-5(11)3-7/h2-3H2,1H3. The summed E-state index contributed by atoms with van der Waals surface area (Å²) in [6.45, 7) is 1.42. The van der Waals surface area contributed by atoms with E-state index in [-0.39, 0.29) is 23.3 Å². The van der Waals surface area contributed by atoms with Crippen molar-refractivity contribution in [1.82, 2.24) is 0 Å². The molecule has 0 aliphatic carbocycles. The van der Waals surface area contributed by atoms with Crippen LogP contribution < -0.4 is 0 Å². The average Bonchev–Trinajstić information content (AvgIpc) is 1.86. The van der Waals surface area contributed by atoms with Crippen LogP contribution in [0.3, 0.4) is 0 Å². The monoisotopic (exact) mass is 348 g/mol. The van der Waals surface area contributed by atoms with Crippen LogP contribution in [0.5, 0.6) is 0 Å². The van der Waals surface area contributed by atoms with Crippen LogP contribution in [-0.4, -0.2) is 20.1 Å². The Kier molecular flexibility index (Phi) is 5.05. The van der Waals surface area contributed by atoms with Gasteiger partial charge in [0.15, 0.2) is 5.78 Å². The third-order valence-corrected chi connectivity index (χ3v) is 3.39. The molecule has 0 unspecified atom stereocenters. The van der Waals surface area contributed by atoms with Crippen molar-refractivity contribution in [3.63, 3.8) is 0 Å². The summed E-state index contributed by atoms with van der Waals surface area (Å²) < 4.78 is -0.870. The van der Waals surface area contributed by atoms with Crippen LogP contribution in [0, 0.1) is 0 Å². The molecular weight excluding hydrogens is 344 g/mol. The molecule has 0 aromatic rings. The quantitative estimate of drug-likeness (QED) is 0.730. The Bertz CT molecular complexity index is 177. The zero-order valence-corrected chi connectivity index (χ0v) is 10.6. The van der Waals surface area contributed by atoms with Crippen molar-refractivity contribution < 1.29 is 9.59 Å². The maximum absolute atomic E-state index is 10.9. The van der Waals surface area contributed by atoms with Gasteiger partial charge in [0.05, 0.1) is 5.33 Å². The first-order chi connectivity index (χ1) is 4.90. The lowest BCUT2D eigenvalue weighted by molar-refractivity contribution is -0.121. The summed E-state index contributed by atoms with van der Waals surface area (Å²) in [6, 6.07) is 0. The first-order valence-corrected chi connectivity index (χ1v) is 5.57. The summed E-state index contributed by atoms with van der Waals surface area (Å²) in [6.07, 6.45) is 0.160. The first kappa shape index (κ1) is 11.8. The lowest BCUT2D eigenvalue weighted by Gasteiger charge is -2.14. The van der Waals surface area contributed by atoms with Crippen LogP contribution >= 0.6 is 47.8 Å². The molecule has 0 aromatic carbocycles. The maximum Gasteiger partial charge on any atom is 0.157 e. The van der Waals surface area contributed by atoms with E-state index in [0.717, 1.165) is 0 Å². The molecule has 0 saturated carbocycles. The van der Waals surface area contributed by atoms with Crippen molar-refractivity contribution in [2.45, 2.75) is 16.6 Å². The average molecular weight is 351 g/mol. The predicted molar refractivity (Wildman–Crippen MR) is 54.7 cm³/mol. The lowest BCUT2D eigenvalue weighted by Crippen LogP contribution is -2.25. The van der Waals surface area contributed by atoms with Gasteiger partial charge in [-0.2, -0.15) is 0 Å². The van der Waals surface area contributed by atoms with E-state index in [9.17, 15) is 9.59 Å². The highest BCUT2D eigenvalue weighted by molar-refractivity contribution is 9.26. The highest BCUT2D eigenvalue weighted by Crippen LogP contribution is 2.31. The fraction of sp³-hybridized carbons (Fsp3) is 0.667. The van der Waals surface area contributed by atoms with Crippen LogP contribution in [0.15, 0.2) is 0 Å². The van der Waals surface area contributed by atoms with Gasteiger partial charge in [0, 0.05) is 6.42 Å². The SMILES string of the molecule is CC(=O)C(Br)(Br)CC(=O)CBr. The number of hydrogen-bond donors (Lipinski definition) is 0. The number of hydrogen-bond acceptors (Lipinski definition) is 2. The van der Waals surface area contributed by atoms with E-state index in [1.807, 2.05) is 0 Å². The van der Waals surface area contributed by atoms with E-state index in [2.05, 4.69) is 47.8 Å². The molecule has 0 N–H and O–H groups in total. The van der Waals surface area contributed by atoms with E-state index in [0.29, 0.717) is 0 Å². The summed E-state index contributed by atoms with van der Waals surface area (Å²) in [5.41, 5.74) is 0. The van der Waals surface area contributed by atoms with Gasteiger partial charge in [-0.1, -0.05) is 47.8 Å². The second-order valence-corrected chi connectivity index (χ2v) is 6.44. The maximum atomic E-state index is 10.9. The molecule has 0 atom stereocenters. The molecule has 0 bridgehead atoms.